The Kier molecular flexibility index (Phi) is 8.73. The van der Waals surface area contributed by atoms with E-state index in [-0.39, 0.29) is 13.2 Å². The number of carbonyl (C=O) groups is 4. The summed E-state index contributed by atoms with van der Waals surface area (Å²) in [4.78, 5) is 46.3. The fourth-order valence-electron chi connectivity index (χ4n) is 4.26. The van der Waals surface area contributed by atoms with E-state index in [1.807, 2.05) is 6.07 Å². The third-order valence-corrected chi connectivity index (χ3v) is 5.71. The minimum absolute atomic E-state index is 0.0599. The zero-order valence-corrected chi connectivity index (χ0v) is 17.9. The second kappa shape index (κ2) is 11.1. The standard InChI is InChI=1S/C22H28O10/c1-13(23)30-12-17-15(8-18(24)25)16(9-19(26)27)22(2,10-20(28)29)21(32-17)31-11-14-6-4-3-5-7-14/h3-7,15-17,21H,8-12H2,1-2H3,(H,24,25)(H,26,27)(H,28,29)/t15-,16+,17+,21+,22+/m1/s1. The molecule has 5 atom stereocenters. The predicted molar refractivity (Wildman–Crippen MR) is 108 cm³/mol. The monoisotopic (exact) mass is 452 g/mol. The maximum Gasteiger partial charge on any atom is 0.304 e. The Balaban J connectivity index is 2.45. The van der Waals surface area contributed by atoms with Gasteiger partial charge in [-0.2, -0.15) is 0 Å². The molecule has 0 unspecified atom stereocenters. The van der Waals surface area contributed by atoms with Crippen LogP contribution in [0, 0.1) is 17.3 Å². The molecule has 0 radical (unpaired) electrons. The predicted octanol–water partition coefficient (Wildman–Crippen LogP) is 2.15. The minimum Gasteiger partial charge on any atom is -0.481 e. The molecule has 0 aliphatic carbocycles. The summed E-state index contributed by atoms with van der Waals surface area (Å²) in [6.45, 7) is 2.46. The first-order chi connectivity index (χ1) is 15.0. The highest BCUT2D eigenvalue weighted by molar-refractivity contribution is 5.71. The Labute approximate surface area is 185 Å². The van der Waals surface area contributed by atoms with E-state index < -0.39 is 72.8 Å². The molecule has 2 rings (SSSR count). The molecule has 1 heterocycles. The molecule has 0 bridgehead atoms. The van der Waals surface area contributed by atoms with Crippen molar-refractivity contribution >= 4 is 23.9 Å². The Morgan fingerprint density at radius 2 is 1.62 bits per heavy atom. The largest absolute Gasteiger partial charge is 0.481 e. The molecule has 1 aromatic carbocycles. The van der Waals surface area contributed by atoms with Crippen LogP contribution in [0.1, 0.15) is 38.7 Å². The second-order valence-corrected chi connectivity index (χ2v) is 8.15. The summed E-state index contributed by atoms with van der Waals surface area (Å²) in [5.41, 5.74) is -0.570. The number of ether oxygens (including phenoxy) is 3. The lowest BCUT2D eigenvalue weighted by atomic mass is 9.62. The number of benzene rings is 1. The smallest absolute Gasteiger partial charge is 0.304 e. The molecule has 10 nitrogen and oxygen atoms in total. The van der Waals surface area contributed by atoms with E-state index >= 15 is 0 Å². The lowest BCUT2D eigenvalue weighted by Crippen LogP contribution is -2.57. The van der Waals surface area contributed by atoms with Crippen molar-refractivity contribution in [3.8, 4) is 0 Å². The molecule has 176 valence electrons. The number of carboxylic acids is 3. The quantitative estimate of drug-likeness (QED) is 0.425. The second-order valence-electron chi connectivity index (χ2n) is 8.15. The van der Waals surface area contributed by atoms with Crippen molar-refractivity contribution < 1.29 is 48.7 Å². The van der Waals surface area contributed by atoms with Crippen molar-refractivity contribution in [2.45, 2.75) is 52.1 Å². The van der Waals surface area contributed by atoms with Gasteiger partial charge >= 0.3 is 23.9 Å². The van der Waals surface area contributed by atoms with Gasteiger partial charge in [0.05, 0.1) is 25.6 Å². The Hall–Kier alpha value is -2.98. The first kappa shape index (κ1) is 25.3. The summed E-state index contributed by atoms with van der Waals surface area (Å²) in [6, 6.07) is 9.03. The molecule has 1 fully saturated rings. The van der Waals surface area contributed by atoms with Crippen LogP contribution in [0.5, 0.6) is 0 Å². The summed E-state index contributed by atoms with van der Waals surface area (Å²) in [7, 11) is 0. The number of aliphatic carboxylic acids is 3. The van der Waals surface area contributed by atoms with Gasteiger partial charge in [0.1, 0.15) is 6.61 Å². The summed E-state index contributed by atoms with van der Waals surface area (Å²) in [5.74, 6) is -6.07. The Morgan fingerprint density at radius 1 is 1.00 bits per heavy atom. The summed E-state index contributed by atoms with van der Waals surface area (Å²) in [6.07, 6.45) is -3.63. The van der Waals surface area contributed by atoms with Gasteiger partial charge in [-0.25, -0.2) is 0 Å². The van der Waals surface area contributed by atoms with E-state index in [0.717, 1.165) is 5.56 Å². The molecule has 0 amide bonds. The maximum absolute atomic E-state index is 11.7. The highest BCUT2D eigenvalue weighted by Gasteiger charge is 2.56. The maximum atomic E-state index is 11.7. The van der Waals surface area contributed by atoms with E-state index in [0.29, 0.717) is 0 Å². The van der Waals surface area contributed by atoms with E-state index in [2.05, 4.69) is 0 Å². The lowest BCUT2D eigenvalue weighted by molar-refractivity contribution is -0.300. The van der Waals surface area contributed by atoms with Gasteiger partial charge in [-0.15, -0.1) is 0 Å². The van der Waals surface area contributed by atoms with Crippen molar-refractivity contribution in [1.29, 1.82) is 0 Å². The molecule has 1 aliphatic rings. The molecule has 1 aromatic rings. The van der Waals surface area contributed by atoms with Gasteiger partial charge in [0.15, 0.2) is 6.29 Å². The van der Waals surface area contributed by atoms with Crippen LogP contribution >= 0.6 is 0 Å². The SMILES string of the molecule is CC(=O)OC[C@@H]1O[C@H](OCc2ccccc2)[C@@](C)(CC(=O)O)[C@@H](CC(=O)O)[C@H]1CC(=O)O. The Bertz CT molecular complexity index is 823. The van der Waals surface area contributed by atoms with E-state index in [1.54, 1.807) is 24.3 Å². The average Bonchev–Trinajstić information content (AvgIpc) is 2.69. The number of esters is 1. The molecule has 0 spiro atoms. The molecular formula is C22H28O10. The molecule has 1 aliphatic heterocycles. The van der Waals surface area contributed by atoms with Gasteiger partial charge in [0.25, 0.3) is 0 Å². The number of hydrogen-bond acceptors (Lipinski definition) is 7. The average molecular weight is 452 g/mol. The van der Waals surface area contributed by atoms with Crippen LogP contribution in [0.4, 0.5) is 0 Å². The first-order valence-corrected chi connectivity index (χ1v) is 10.1. The highest BCUT2D eigenvalue weighted by atomic mass is 16.7. The van der Waals surface area contributed by atoms with E-state index in [4.69, 9.17) is 14.2 Å². The van der Waals surface area contributed by atoms with Gasteiger partial charge in [0, 0.05) is 24.7 Å². The van der Waals surface area contributed by atoms with Gasteiger partial charge in [-0.1, -0.05) is 37.3 Å². The fraction of sp³-hybridized carbons (Fsp3) is 0.545. The molecule has 32 heavy (non-hydrogen) atoms. The van der Waals surface area contributed by atoms with Crippen LogP contribution in [-0.2, 0) is 40.0 Å². The van der Waals surface area contributed by atoms with Crippen LogP contribution in [0.3, 0.4) is 0 Å². The third-order valence-electron chi connectivity index (χ3n) is 5.71. The molecule has 10 heteroatoms. The van der Waals surface area contributed by atoms with Gasteiger partial charge < -0.3 is 29.5 Å². The molecule has 1 saturated heterocycles. The normalized spacial score (nSPS) is 27.4. The number of hydrogen-bond donors (Lipinski definition) is 3. The van der Waals surface area contributed by atoms with E-state index in [1.165, 1.54) is 13.8 Å². The zero-order valence-electron chi connectivity index (χ0n) is 17.9. The summed E-state index contributed by atoms with van der Waals surface area (Å²) < 4.78 is 16.9. The molecule has 0 saturated carbocycles. The van der Waals surface area contributed by atoms with Gasteiger partial charge in [-0.3, -0.25) is 19.2 Å². The molecular weight excluding hydrogens is 424 g/mol. The lowest BCUT2D eigenvalue weighted by Gasteiger charge is -2.52. The molecule has 0 aromatic heterocycles. The van der Waals surface area contributed by atoms with Crippen molar-refractivity contribution in [3.63, 3.8) is 0 Å². The Morgan fingerprint density at radius 3 is 2.16 bits per heavy atom. The van der Waals surface area contributed by atoms with Gasteiger partial charge in [0.2, 0.25) is 0 Å². The van der Waals surface area contributed by atoms with Crippen LogP contribution in [0.2, 0.25) is 0 Å². The number of rotatable bonds is 11. The number of carbonyl (C=O) groups excluding carboxylic acids is 1. The first-order valence-electron chi connectivity index (χ1n) is 10.1. The third kappa shape index (κ3) is 6.76. The van der Waals surface area contributed by atoms with Crippen LogP contribution in [0.15, 0.2) is 30.3 Å². The van der Waals surface area contributed by atoms with Crippen LogP contribution in [0.25, 0.3) is 0 Å². The van der Waals surface area contributed by atoms with Crippen molar-refractivity contribution in [1.82, 2.24) is 0 Å². The van der Waals surface area contributed by atoms with E-state index in [9.17, 15) is 34.5 Å². The number of carboxylic acid groups (broad SMARTS) is 3. The fourth-order valence-corrected chi connectivity index (χ4v) is 4.26. The van der Waals surface area contributed by atoms with Crippen molar-refractivity contribution in [2.75, 3.05) is 6.61 Å². The minimum atomic E-state index is -1.36. The highest BCUT2D eigenvalue weighted by Crippen LogP contribution is 2.50. The van der Waals surface area contributed by atoms with Crippen molar-refractivity contribution in [3.05, 3.63) is 35.9 Å². The summed E-state index contributed by atoms with van der Waals surface area (Å²) >= 11 is 0. The zero-order chi connectivity index (χ0) is 23.9. The van der Waals surface area contributed by atoms with Crippen molar-refractivity contribution in [2.24, 2.45) is 17.3 Å². The van der Waals surface area contributed by atoms with Gasteiger partial charge in [-0.05, 0) is 11.5 Å². The summed E-state index contributed by atoms with van der Waals surface area (Å²) in [5, 5.41) is 28.5. The molecule has 3 N–H and O–H groups in total. The van der Waals surface area contributed by atoms with Crippen LogP contribution < -0.4 is 0 Å². The topological polar surface area (TPSA) is 157 Å². The van der Waals surface area contributed by atoms with Crippen LogP contribution in [-0.4, -0.2) is 58.2 Å².